The summed E-state index contributed by atoms with van der Waals surface area (Å²) >= 11 is 0. The van der Waals surface area contributed by atoms with Crippen molar-refractivity contribution in [3.8, 4) is 0 Å². The zero-order valence-electron chi connectivity index (χ0n) is 66.8. The number of nitrogens with zero attached hydrogens (tertiary/aromatic N) is 7. The molecule has 34 nitrogen and oxygen atoms in total. The van der Waals surface area contributed by atoms with Gasteiger partial charge in [-0.15, -0.1) is 5.10 Å². The van der Waals surface area contributed by atoms with Crippen molar-refractivity contribution in [2.24, 2.45) is 11.8 Å². The largest absolute Gasteiger partial charge is 0.444 e. The second-order valence-electron chi connectivity index (χ2n) is 29.0. The van der Waals surface area contributed by atoms with E-state index in [-0.39, 0.29) is 113 Å². The minimum absolute atomic E-state index is 0.0515. The molecule has 7 amide bonds. The van der Waals surface area contributed by atoms with Crippen LogP contribution in [-0.2, 0) is 133 Å². The molecular formula is C80H108FN11O23S. The number of hydrogen-bond acceptors (Lipinski definition) is 27. The van der Waals surface area contributed by atoms with E-state index in [1.807, 2.05) is 18.7 Å². The van der Waals surface area contributed by atoms with Crippen LogP contribution in [0.5, 0.6) is 0 Å². The Balaban J connectivity index is 0.563. The summed E-state index contributed by atoms with van der Waals surface area (Å²) in [6.45, 7) is 18.0. The number of imide groups is 1. The smallest absolute Gasteiger partial charge is 0.411 e. The number of amides is 7. The van der Waals surface area contributed by atoms with Gasteiger partial charge in [0.05, 0.1) is 166 Å². The first-order valence-corrected chi connectivity index (χ1v) is 41.3. The van der Waals surface area contributed by atoms with Crippen molar-refractivity contribution in [1.82, 2.24) is 50.6 Å². The van der Waals surface area contributed by atoms with Crippen molar-refractivity contribution in [3.63, 3.8) is 0 Å². The Kier molecular flexibility index (Phi) is 35.0. The van der Waals surface area contributed by atoms with Gasteiger partial charge in [0, 0.05) is 91.5 Å². The molecular weight excluding hydrogens is 1530 g/mol. The minimum Gasteiger partial charge on any atom is -0.444 e. The van der Waals surface area contributed by atoms with Crippen LogP contribution in [0.3, 0.4) is 0 Å². The molecule has 116 heavy (non-hydrogen) atoms. The fraction of sp³-hybridized carbons (Fsp3) is 0.575. The molecule has 2 aromatic heterocycles. The summed E-state index contributed by atoms with van der Waals surface area (Å²) in [6.07, 6.45) is 9.42. The van der Waals surface area contributed by atoms with Crippen LogP contribution in [0.2, 0.25) is 0 Å². The maximum Gasteiger partial charge on any atom is 0.411 e. The fourth-order valence-electron chi connectivity index (χ4n) is 13.5. The zero-order chi connectivity index (χ0) is 83.3. The molecule has 6 heterocycles. The molecule has 4 aromatic rings. The number of pyridine rings is 1. The summed E-state index contributed by atoms with van der Waals surface area (Å²) < 4.78 is 103. The summed E-state index contributed by atoms with van der Waals surface area (Å²) in [7, 11) is -3.58. The van der Waals surface area contributed by atoms with E-state index in [9.17, 15) is 56.7 Å². The number of cyclic esters (lactones) is 1. The van der Waals surface area contributed by atoms with Crippen LogP contribution in [0.4, 0.5) is 14.9 Å². The molecule has 9 rings (SSSR count). The van der Waals surface area contributed by atoms with Gasteiger partial charge >= 0.3 is 12.1 Å². The number of carbonyl (C=O) groups is 9. The molecule has 4 atom stereocenters. The molecule has 0 fully saturated rings. The number of aromatic nitrogens is 4. The monoisotopic (exact) mass is 1640 g/mol. The van der Waals surface area contributed by atoms with Gasteiger partial charge in [0.2, 0.25) is 23.6 Å². The Hall–Kier alpha value is -9.34. The standard InChI is InChI=1S/C80H108FN11O23S/c1-8-80(102)55(6)115-78(100)62-47-90-48-63-74-66(18-17-60-53(4)65(81)44-67(73(60)74)86-75(63)68(90)43-64(62)80)85-70(95)50-113-51-89(24-41-116(7,103)104)79(101)114-49-56-13-15-57(16-14-56)84-76(98)54(5)83-77(99)61(52(2)3)42-59(93)21-25-105-27-29-107-31-33-109-35-37-111-39-40-112-38-36-110-34-32-108-30-28-106-26-23-91-46-58(87-88-91)45-82-69(94)12-10-9-11-22-92-71(96)19-20-72(92)97/h13-16,19-20,43-44,46,52,54,61,66,102H,6,8-12,17-18,21-42,45,47-51H2,1-5,7H3,(H,82,94)(H,83,99)(H,84,98)(H,85,95)/t54-,61-,66-,80+/m0/s1. The number of ether oxygens (including phenoxy) is 11. The molecule has 1 aliphatic carbocycles. The summed E-state index contributed by atoms with van der Waals surface area (Å²) in [5.41, 5.74) is 4.72. The number of ketones is 1. The van der Waals surface area contributed by atoms with Crippen LogP contribution in [0.1, 0.15) is 124 Å². The average molecular weight is 1640 g/mol. The highest BCUT2D eigenvalue weighted by atomic mass is 32.2. The molecule has 2 aromatic carbocycles. The number of fused-ring (bicyclic) bond motifs is 4. The third-order valence-corrected chi connectivity index (χ3v) is 21.0. The van der Waals surface area contributed by atoms with Crippen LogP contribution in [-0.4, -0.2) is 264 Å². The average Bonchev–Trinajstić information content (AvgIpc) is 1.50. The van der Waals surface area contributed by atoms with Gasteiger partial charge in [0.1, 0.15) is 64.5 Å². The lowest BCUT2D eigenvalue weighted by Crippen LogP contribution is -2.45. The van der Waals surface area contributed by atoms with Gasteiger partial charge in [0.15, 0.2) is 0 Å². The van der Waals surface area contributed by atoms with E-state index in [4.69, 9.17) is 57.1 Å². The van der Waals surface area contributed by atoms with Crippen LogP contribution in [0.15, 0.2) is 78.2 Å². The molecule has 0 bridgehead atoms. The highest BCUT2D eigenvalue weighted by molar-refractivity contribution is 7.90. The predicted octanol–water partition coefficient (Wildman–Crippen LogP) is 4.71. The van der Waals surface area contributed by atoms with Crippen LogP contribution in [0.25, 0.3) is 16.6 Å². The first-order chi connectivity index (χ1) is 55.7. The number of nitrogens with one attached hydrogen (secondary N) is 4. The lowest BCUT2D eigenvalue weighted by molar-refractivity contribution is -0.140. The Morgan fingerprint density at radius 1 is 0.776 bits per heavy atom. The number of benzene rings is 2. The number of unbranched alkanes of at least 4 members (excludes halogenated alkanes) is 2. The van der Waals surface area contributed by atoms with Crippen LogP contribution in [0, 0.1) is 24.6 Å². The van der Waals surface area contributed by atoms with Gasteiger partial charge in [-0.05, 0) is 92.3 Å². The van der Waals surface area contributed by atoms with Crippen LogP contribution >= 0.6 is 0 Å². The number of rotatable bonds is 53. The molecule has 0 saturated carbocycles. The number of esters is 1. The van der Waals surface area contributed by atoms with Crippen molar-refractivity contribution in [2.75, 3.05) is 156 Å². The number of sulfone groups is 1. The van der Waals surface area contributed by atoms with Gasteiger partial charge in [-0.2, -0.15) is 0 Å². The molecule has 0 saturated heterocycles. The number of aliphatic hydroxyl groups is 1. The van der Waals surface area contributed by atoms with E-state index in [0.29, 0.717) is 181 Å². The topological polar surface area (TPSA) is 411 Å². The Labute approximate surface area is 673 Å². The summed E-state index contributed by atoms with van der Waals surface area (Å²) in [6, 6.07) is 6.10. The summed E-state index contributed by atoms with van der Waals surface area (Å²) in [5.74, 6) is -4.93. The van der Waals surface area contributed by atoms with Crippen molar-refractivity contribution in [1.29, 1.82) is 0 Å². The maximum atomic E-state index is 15.5. The molecule has 5 aliphatic rings. The normalized spacial score (nSPS) is 16.8. The Bertz CT molecular complexity index is 4330. The van der Waals surface area contributed by atoms with Gasteiger partial charge in [0.25, 0.3) is 11.8 Å². The van der Waals surface area contributed by atoms with Gasteiger partial charge in [-0.25, -0.2) is 32.1 Å². The van der Waals surface area contributed by atoms with Crippen molar-refractivity contribution >= 4 is 85.4 Å². The number of carbonyl (C=O) groups excluding carboxylic acids is 9. The van der Waals surface area contributed by atoms with Gasteiger partial charge in [-0.1, -0.05) is 51.1 Å². The van der Waals surface area contributed by atoms with Crippen molar-refractivity contribution in [2.45, 2.75) is 136 Å². The molecule has 0 radical (unpaired) electrons. The Morgan fingerprint density at radius 3 is 2.01 bits per heavy atom. The summed E-state index contributed by atoms with van der Waals surface area (Å²) in [5, 5.41) is 31.9. The molecule has 4 aliphatic heterocycles. The van der Waals surface area contributed by atoms with E-state index in [0.717, 1.165) is 34.3 Å². The predicted molar refractivity (Wildman–Crippen MR) is 417 cm³/mol. The minimum atomic E-state index is -3.58. The van der Waals surface area contributed by atoms with E-state index in [1.54, 1.807) is 55.1 Å². The third-order valence-electron chi connectivity index (χ3n) is 20.1. The van der Waals surface area contributed by atoms with E-state index in [2.05, 4.69) is 38.2 Å². The Morgan fingerprint density at radius 2 is 1.40 bits per heavy atom. The number of anilines is 1. The quantitative estimate of drug-likeness (QED) is 0.0173. The number of hydrogen-bond donors (Lipinski definition) is 5. The lowest BCUT2D eigenvalue weighted by Gasteiger charge is -2.39. The zero-order valence-corrected chi connectivity index (χ0v) is 67.6. The maximum absolute atomic E-state index is 15.5. The van der Waals surface area contributed by atoms with Crippen molar-refractivity contribution in [3.05, 3.63) is 123 Å². The van der Waals surface area contributed by atoms with E-state index in [1.165, 1.54) is 30.0 Å². The highest BCUT2D eigenvalue weighted by Crippen LogP contribution is 2.49. The lowest BCUT2D eigenvalue weighted by atomic mass is 9.81. The first-order valence-electron chi connectivity index (χ1n) is 39.2. The second-order valence-corrected chi connectivity index (χ2v) is 31.2. The molecule has 0 unspecified atom stereocenters. The van der Waals surface area contributed by atoms with Gasteiger partial charge in [-0.3, -0.25) is 43.4 Å². The molecule has 5 N–H and O–H groups in total. The molecule has 0 spiro atoms. The van der Waals surface area contributed by atoms with E-state index >= 15 is 4.39 Å². The third kappa shape index (κ3) is 26.6. The first kappa shape index (κ1) is 90.6. The molecule has 634 valence electrons. The summed E-state index contributed by atoms with van der Waals surface area (Å²) in [4.78, 5) is 125. The second kappa shape index (κ2) is 44.8. The molecule has 36 heteroatoms. The van der Waals surface area contributed by atoms with Crippen molar-refractivity contribution < 1.29 is 113 Å². The van der Waals surface area contributed by atoms with E-state index < -0.39 is 88.1 Å². The number of aryl methyl sites for hydroxylation is 1. The SMILES string of the molecule is C=C1OC(=O)C2=C(C=C3c4nc5cc(F)c(C)c6c5c(c4CN3C2)[C@@H](NC(=O)COCN(CCS(C)(=O)=O)C(=O)OCc2ccc(NC(=O)[C@H](C)NC(=O)[C@@H](CC(=O)CCOCCOCCOCCOCCOCCOCCOCCOCCn3cc(CNC(=O)CCCCCN4C(=O)C=CC4=O)nn3)C(C)C)cc2)CC6)[C@@]1(O)CC. The van der Waals surface area contributed by atoms with Gasteiger partial charge < -0.3 is 83.4 Å². The van der Waals surface area contributed by atoms with Crippen LogP contribution < -0.4 is 21.3 Å². The highest BCUT2D eigenvalue weighted by Gasteiger charge is 2.48. The number of halogens is 1. The fourth-order valence-corrected chi connectivity index (χ4v) is 14.1. The number of Topliss-reactive ketones (excluding diaryl/α,β-unsaturated/α-hetero) is 1.